The smallest absolute Gasteiger partial charge is 0.478 e. The number of hydrogen-bond donors (Lipinski definition) is 2. The van der Waals surface area contributed by atoms with E-state index in [9.17, 15) is 22.8 Å². The Labute approximate surface area is 152 Å². The molecule has 0 saturated heterocycles. The number of ether oxygens (including phenoxy) is 1. The van der Waals surface area contributed by atoms with Crippen LogP contribution in [0.15, 0.2) is 36.4 Å². The number of carbonyl (C=O) groups excluding carboxylic acids is 1. The molecule has 1 atom stereocenters. The molecule has 0 bridgehead atoms. The van der Waals surface area contributed by atoms with E-state index < -0.39 is 24.0 Å². The van der Waals surface area contributed by atoms with Gasteiger partial charge in [-0.3, -0.25) is 4.79 Å². The van der Waals surface area contributed by atoms with Crippen molar-refractivity contribution in [3.8, 4) is 5.75 Å². The number of carboxylic acid groups (broad SMARTS) is 1. The molecule has 0 fully saturated rings. The van der Waals surface area contributed by atoms with Gasteiger partial charge in [0.15, 0.2) is 0 Å². The summed E-state index contributed by atoms with van der Waals surface area (Å²) < 4.78 is 40.7. The van der Waals surface area contributed by atoms with E-state index in [1.54, 1.807) is 12.1 Å². The fourth-order valence-electron chi connectivity index (χ4n) is 3.21. The Morgan fingerprint density at radius 2 is 1.93 bits per heavy atom. The number of aryl methyl sites for hydroxylation is 2. The molecule has 2 aromatic carbocycles. The SMILES string of the molecule is Cc1cc(OC(F)(F)F)ccc1C(=O)N[C@@H]1CCc2ccc(C(=O)O)cc21. The van der Waals surface area contributed by atoms with Crippen LogP contribution in [-0.4, -0.2) is 23.3 Å². The van der Waals surface area contributed by atoms with Crippen LogP contribution >= 0.6 is 0 Å². The van der Waals surface area contributed by atoms with Crippen LogP contribution in [0.3, 0.4) is 0 Å². The minimum Gasteiger partial charge on any atom is -0.478 e. The molecular weight excluding hydrogens is 363 g/mol. The van der Waals surface area contributed by atoms with Crippen molar-refractivity contribution in [2.45, 2.75) is 32.2 Å². The molecule has 1 aliphatic carbocycles. The first-order valence-electron chi connectivity index (χ1n) is 8.17. The molecular formula is C19H16F3NO4. The van der Waals surface area contributed by atoms with Gasteiger partial charge in [-0.15, -0.1) is 13.2 Å². The molecule has 0 aromatic heterocycles. The zero-order valence-corrected chi connectivity index (χ0v) is 14.3. The highest BCUT2D eigenvalue weighted by molar-refractivity contribution is 5.96. The van der Waals surface area contributed by atoms with Gasteiger partial charge >= 0.3 is 12.3 Å². The van der Waals surface area contributed by atoms with Crippen molar-refractivity contribution in [2.24, 2.45) is 0 Å². The van der Waals surface area contributed by atoms with Gasteiger partial charge < -0.3 is 15.2 Å². The van der Waals surface area contributed by atoms with Crippen molar-refractivity contribution in [1.82, 2.24) is 5.32 Å². The fourth-order valence-corrected chi connectivity index (χ4v) is 3.21. The number of fused-ring (bicyclic) bond motifs is 1. The number of carbonyl (C=O) groups is 2. The van der Waals surface area contributed by atoms with Crippen molar-refractivity contribution >= 4 is 11.9 Å². The van der Waals surface area contributed by atoms with Crippen LogP contribution in [0.4, 0.5) is 13.2 Å². The molecule has 2 aromatic rings. The predicted molar refractivity (Wildman–Crippen MR) is 89.8 cm³/mol. The van der Waals surface area contributed by atoms with E-state index in [2.05, 4.69) is 10.1 Å². The van der Waals surface area contributed by atoms with Crippen LogP contribution in [0, 0.1) is 6.92 Å². The van der Waals surface area contributed by atoms with E-state index in [-0.39, 0.29) is 17.2 Å². The number of carboxylic acids is 1. The van der Waals surface area contributed by atoms with Gasteiger partial charge in [-0.1, -0.05) is 6.07 Å². The maximum atomic E-state index is 12.6. The molecule has 8 heteroatoms. The first-order valence-corrected chi connectivity index (χ1v) is 8.17. The van der Waals surface area contributed by atoms with Gasteiger partial charge in [-0.05, 0) is 66.8 Å². The number of amides is 1. The van der Waals surface area contributed by atoms with Crippen molar-refractivity contribution in [3.05, 3.63) is 64.2 Å². The Bertz CT molecular complexity index is 908. The number of halogens is 3. The second kappa shape index (κ2) is 6.94. The van der Waals surface area contributed by atoms with Crippen LogP contribution in [0.25, 0.3) is 0 Å². The quantitative estimate of drug-likeness (QED) is 0.842. The van der Waals surface area contributed by atoms with E-state index in [0.717, 1.165) is 23.3 Å². The summed E-state index contributed by atoms with van der Waals surface area (Å²) in [5.74, 6) is -1.88. The number of benzene rings is 2. The van der Waals surface area contributed by atoms with E-state index in [0.29, 0.717) is 18.4 Å². The maximum absolute atomic E-state index is 12.6. The number of aromatic carboxylic acids is 1. The lowest BCUT2D eigenvalue weighted by Crippen LogP contribution is -2.28. The van der Waals surface area contributed by atoms with Gasteiger partial charge in [0.05, 0.1) is 11.6 Å². The minimum absolute atomic E-state index is 0.139. The largest absolute Gasteiger partial charge is 0.573 e. The van der Waals surface area contributed by atoms with E-state index in [4.69, 9.17) is 5.11 Å². The van der Waals surface area contributed by atoms with E-state index >= 15 is 0 Å². The topological polar surface area (TPSA) is 75.6 Å². The van der Waals surface area contributed by atoms with Crippen molar-refractivity contribution < 1.29 is 32.6 Å². The molecule has 5 nitrogen and oxygen atoms in total. The highest BCUT2D eigenvalue weighted by Crippen LogP contribution is 2.32. The molecule has 0 aliphatic heterocycles. The van der Waals surface area contributed by atoms with E-state index in [1.807, 2.05) is 0 Å². The lowest BCUT2D eigenvalue weighted by Gasteiger charge is -2.16. The molecule has 0 spiro atoms. The maximum Gasteiger partial charge on any atom is 0.573 e. The van der Waals surface area contributed by atoms with Gasteiger partial charge in [0.2, 0.25) is 0 Å². The van der Waals surface area contributed by atoms with Gasteiger partial charge in [-0.25, -0.2) is 4.79 Å². The summed E-state index contributed by atoms with van der Waals surface area (Å²) in [6.45, 7) is 1.52. The third kappa shape index (κ3) is 4.21. The third-order valence-corrected chi connectivity index (χ3v) is 4.45. The zero-order chi connectivity index (χ0) is 19.8. The van der Waals surface area contributed by atoms with Gasteiger partial charge in [0.25, 0.3) is 5.91 Å². The van der Waals surface area contributed by atoms with Gasteiger partial charge in [0, 0.05) is 5.56 Å². The minimum atomic E-state index is -4.80. The first kappa shape index (κ1) is 18.8. The zero-order valence-electron chi connectivity index (χ0n) is 14.3. The molecule has 142 valence electrons. The molecule has 1 aliphatic rings. The lowest BCUT2D eigenvalue weighted by molar-refractivity contribution is -0.274. The number of nitrogens with one attached hydrogen (secondary N) is 1. The summed E-state index contributed by atoms with van der Waals surface area (Å²) in [7, 11) is 0. The molecule has 3 rings (SSSR count). The van der Waals surface area contributed by atoms with Crippen LogP contribution < -0.4 is 10.1 Å². The fraction of sp³-hybridized carbons (Fsp3) is 0.263. The Kier molecular flexibility index (Phi) is 4.82. The normalized spacial score (nSPS) is 15.9. The highest BCUT2D eigenvalue weighted by atomic mass is 19.4. The molecule has 0 unspecified atom stereocenters. The van der Waals surface area contributed by atoms with Crippen molar-refractivity contribution in [1.29, 1.82) is 0 Å². The summed E-state index contributed by atoms with van der Waals surface area (Å²) in [5, 5.41) is 12.0. The Morgan fingerprint density at radius 3 is 2.56 bits per heavy atom. The summed E-state index contributed by atoms with van der Waals surface area (Å²) >= 11 is 0. The lowest BCUT2D eigenvalue weighted by atomic mass is 10.0. The molecule has 0 radical (unpaired) electrons. The monoisotopic (exact) mass is 379 g/mol. The first-order chi connectivity index (χ1) is 12.6. The van der Waals surface area contributed by atoms with Crippen molar-refractivity contribution in [3.63, 3.8) is 0 Å². The standard InChI is InChI=1S/C19H16F3NO4/c1-10-8-13(27-19(20,21)22)5-6-14(10)17(24)23-16-7-4-11-2-3-12(18(25)26)9-15(11)16/h2-3,5-6,8-9,16H,4,7H2,1H3,(H,23,24)(H,25,26)/t16-/m1/s1. The summed E-state index contributed by atoms with van der Waals surface area (Å²) in [6, 6.07) is 7.96. The number of rotatable bonds is 4. The molecule has 0 saturated carbocycles. The second-order valence-corrected chi connectivity index (χ2v) is 6.31. The summed E-state index contributed by atoms with van der Waals surface area (Å²) in [5.41, 5.74) is 2.42. The number of hydrogen-bond acceptors (Lipinski definition) is 3. The molecule has 1 amide bonds. The number of alkyl halides is 3. The average molecular weight is 379 g/mol. The summed E-state index contributed by atoms with van der Waals surface area (Å²) in [6.07, 6.45) is -3.47. The predicted octanol–water partition coefficient (Wildman–Crippen LogP) is 4.01. The summed E-state index contributed by atoms with van der Waals surface area (Å²) in [4.78, 5) is 23.7. The Balaban J connectivity index is 1.78. The highest BCUT2D eigenvalue weighted by Gasteiger charge is 2.31. The second-order valence-electron chi connectivity index (χ2n) is 6.31. The van der Waals surface area contributed by atoms with E-state index in [1.165, 1.54) is 19.1 Å². The Hall–Kier alpha value is -3.03. The van der Waals surface area contributed by atoms with Crippen molar-refractivity contribution in [2.75, 3.05) is 0 Å². The average Bonchev–Trinajstić information content (AvgIpc) is 2.95. The third-order valence-electron chi connectivity index (χ3n) is 4.45. The van der Waals surface area contributed by atoms with Crippen LogP contribution in [0.1, 0.15) is 49.9 Å². The molecule has 0 heterocycles. The van der Waals surface area contributed by atoms with Crippen LogP contribution in [0.2, 0.25) is 0 Å². The van der Waals surface area contributed by atoms with Gasteiger partial charge in [0.1, 0.15) is 5.75 Å². The molecule has 27 heavy (non-hydrogen) atoms. The van der Waals surface area contributed by atoms with Gasteiger partial charge in [-0.2, -0.15) is 0 Å². The Morgan fingerprint density at radius 1 is 1.19 bits per heavy atom. The molecule has 2 N–H and O–H groups in total. The van der Waals surface area contributed by atoms with Crippen LogP contribution in [0.5, 0.6) is 5.75 Å². The van der Waals surface area contributed by atoms with Crippen LogP contribution in [-0.2, 0) is 6.42 Å².